The minimum absolute atomic E-state index is 0.0718. The van der Waals surface area contributed by atoms with Crippen LogP contribution >= 0.6 is 0 Å². The summed E-state index contributed by atoms with van der Waals surface area (Å²) in [7, 11) is 0. The molecule has 2 N–H and O–H groups in total. The van der Waals surface area contributed by atoms with Crippen molar-refractivity contribution in [2.75, 3.05) is 0 Å². The van der Waals surface area contributed by atoms with Gasteiger partial charge in [0.1, 0.15) is 0 Å². The van der Waals surface area contributed by atoms with Crippen molar-refractivity contribution in [2.45, 2.75) is 121 Å². The molecule has 6 atom stereocenters. The summed E-state index contributed by atoms with van der Waals surface area (Å²) in [5, 5.41) is 20.7. The van der Waals surface area contributed by atoms with Gasteiger partial charge in [0.25, 0.3) is 0 Å². The van der Waals surface area contributed by atoms with Crippen LogP contribution in [0.1, 0.15) is 91.2 Å². The fourth-order valence-corrected chi connectivity index (χ4v) is 5.52. The van der Waals surface area contributed by atoms with Crippen molar-refractivity contribution in [2.24, 2.45) is 17.8 Å². The molecule has 3 nitrogen and oxygen atoms in total. The number of aliphatic hydroxyl groups is 2. The zero-order valence-corrected chi connectivity index (χ0v) is 23.7. The average molecular weight is 595 g/mol. The molecule has 0 spiro atoms. The molecule has 1 fully saturated rings. The Bertz CT molecular complexity index is 960. The first kappa shape index (κ1) is 34.7. The maximum Gasteiger partial charge on any atom is 0.421 e. The van der Waals surface area contributed by atoms with E-state index >= 15 is 0 Å². The fourth-order valence-electron chi connectivity index (χ4n) is 5.52. The summed E-state index contributed by atoms with van der Waals surface area (Å²) in [6.45, 7) is 7.79. The van der Waals surface area contributed by atoms with Gasteiger partial charge in [-0.1, -0.05) is 38.1 Å². The van der Waals surface area contributed by atoms with E-state index in [4.69, 9.17) is 4.74 Å². The molecule has 232 valence electrons. The zero-order valence-electron chi connectivity index (χ0n) is 23.7. The van der Waals surface area contributed by atoms with Gasteiger partial charge in [0.2, 0.25) is 0 Å². The zero-order chi connectivity index (χ0) is 31.3. The van der Waals surface area contributed by atoms with Gasteiger partial charge in [0, 0.05) is 0 Å². The third-order valence-corrected chi connectivity index (χ3v) is 9.08. The summed E-state index contributed by atoms with van der Waals surface area (Å²) in [5.74, 6) is -4.94. The Morgan fingerprint density at radius 2 is 1.07 bits per heavy atom. The third-order valence-electron chi connectivity index (χ3n) is 9.08. The highest BCUT2D eigenvalue weighted by molar-refractivity contribution is 5.30. The van der Waals surface area contributed by atoms with Crippen LogP contribution in [0.15, 0.2) is 24.3 Å². The molecular formula is C28H39F9O3. The summed E-state index contributed by atoms with van der Waals surface area (Å²) >= 11 is 0. The van der Waals surface area contributed by atoms with Crippen molar-refractivity contribution in [1.29, 1.82) is 0 Å². The molecule has 0 radical (unpaired) electrons. The number of hydrogen-bond acceptors (Lipinski definition) is 3. The molecule has 0 aliphatic heterocycles. The standard InChI is InChI=1S/C28H39F9O3/c1-8-16(2)17-9-11-18(12-10-17)25(7,28(35,36)37)40-22(3,4)19-13-20(23(5,38)26(29,30)31)15-21(14-19)24(6,39)27(32,33)34/h9-12,16,19-21,38-39H,8,13-15H2,1-7H3. The molecule has 1 aromatic carbocycles. The van der Waals surface area contributed by atoms with E-state index in [1.807, 2.05) is 13.8 Å². The number of rotatable bonds is 8. The Hall–Kier alpha value is -1.53. The van der Waals surface area contributed by atoms with Crippen molar-refractivity contribution < 1.29 is 54.5 Å². The Kier molecular flexibility index (Phi) is 9.49. The van der Waals surface area contributed by atoms with E-state index in [9.17, 15) is 49.7 Å². The van der Waals surface area contributed by atoms with Crippen LogP contribution in [0.25, 0.3) is 0 Å². The molecule has 2 rings (SSSR count). The molecule has 1 aliphatic rings. The summed E-state index contributed by atoms with van der Waals surface area (Å²) < 4.78 is 132. The molecule has 0 heterocycles. The molecule has 1 aliphatic carbocycles. The maximum atomic E-state index is 14.6. The molecule has 0 bridgehead atoms. The summed E-state index contributed by atoms with van der Waals surface area (Å²) in [4.78, 5) is 0. The molecule has 1 aromatic rings. The number of halogens is 9. The smallest absolute Gasteiger partial charge is 0.380 e. The Morgan fingerprint density at radius 1 is 0.700 bits per heavy atom. The van der Waals surface area contributed by atoms with Crippen molar-refractivity contribution >= 4 is 0 Å². The molecule has 40 heavy (non-hydrogen) atoms. The predicted octanol–water partition coefficient (Wildman–Crippen LogP) is 8.43. The van der Waals surface area contributed by atoms with Crippen LogP contribution in [-0.4, -0.2) is 45.5 Å². The van der Waals surface area contributed by atoms with E-state index in [2.05, 4.69) is 0 Å². The van der Waals surface area contributed by atoms with Crippen LogP contribution < -0.4 is 0 Å². The van der Waals surface area contributed by atoms with Crippen LogP contribution in [-0.2, 0) is 10.3 Å². The predicted molar refractivity (Wildman–Crippen MR) is 131 cm³/mol. The van der Waals surface area contributed by atoms with E-state index in [-0.39, 0.29) is 11.5 Å². The highest BCUT2D eigenvalue weighted by atomic mass is 19.4. The molecule has 12 heteroatoms. The van der Waals surface area contributed by atoms with Gasteiger partial charge in [-0.2, -0.15) is 39.5 Å². The second-order valence-corrected chi connectivity index (χ2v) is 12.3. The second kappa shape index (κ2) is 10.9. The van der Waals surface area contributed by atoms with Crippen LogP contribution in [0, 0.1) is 17.8 Å². The molecule has 0 amide bonds. The lowest BCUT2D eigenvalue weighted by Gasteiger charge is -2.51. The van der Waals surface area contributed by atoms with Gasteiger partial charge in [-0.05, 0) is 95.1 Å². The van der Waals surface area contributed by atoms with E-state index in [1.165, 1.54) is 38.1 Å². The van der Waals surface area contributed by atoms with Gasteiger partial charge >= 0.3 is 18.5 Å². The fraction of sp³-hybridized carbons (Fsp3) is 0.786. The molecule has 0 aromatic heterocycles. The van der Waals surface area contributed by atoms with E-state index < -0.39 is 77.9 Å². The minimum Gasteiger partial charge on any atom is -0.380 e. The highest BCUT2D eigenvalue weighted by Crippen LogP contribution is 2.55. The van der Waals surface area contributed by atoms with E-state index in [1.54, 1.807) is 0 Å². The normalized spacial score (nSPS) is 26.9. The Morgan fingerprint density at radius 3 is 1.40 bits per heavy atom. The Balaban J connectivity index is 2.57. The minimum atomic E-state index is -5.24. The molecular weight excluding hydrogens is 555 g/mol. The molecule has 1 saturated carbocycles. The van der Waals surface area contributed by atoms with Crippen LogP contribution in [0.4, 0.5) is 39.5 Å². The number of alkyl halides is 9. The molecule has 6 unspecified atom stereocenters. The van der Waals surface area contributed by atoms with E-state index in [0.717, 1.165) is 18.9 Å². The maximum absolute atomic E-state index is 14.6. The van der Waals surface area contributed by atoms with Crippen molar-refractivity contribution in [3.05, 3.63) is 35.4 Å². The topological polar surface area (TPSA) is 49.7 Å². The second-order valence-electron chi connectivity index (χ2n) is 12.3. The first-order valence-electron chi connectivity index (χ1n) is 13.2. The van der Waals surface area contributed by atoms with Crippen molar-refractivity contribution in [3.63, 3.8) is 0 Å². The van der Waals surface area contributed by atoms with Crippen molar-refractivity contribution in [1.82, 2.24) is 0 Å². The number of ether oxygens (including phenoxy) is 1. The SMILES string of the molecule is CCC(C)c1ccc(C(C)(OC(C)(C)C2CC(C(C)(O)C(F)(F)F)CC(C(C)(O)C(F)(F)F)C2)C(F)(F)F)cc1. The number of hydrogen-bond donors (Lipinski definition) is 2. The van der Waals surface area contributed by atoms with Gasteiger partial charge in [-0.3, -0.25) is 0 Å². The quantitative estimate of drug-likeness (QED) is 0.297. The van der Waals surface area contributed by atoms with Crippen LogP contribution in [0.2, 0.25) is 0 Å². The van der Waals surface area contributed by atoms with Gasteiger partial charge in [0.05, 0.1) is 5.60 Å². The first-order chi connectivity index (χ1) is 17.7. The lowest BCUT2D eigenvalue weighted by atomic mass is 9.61. The average Bonchev–Trinajstić information content (AvgIpc) is 2.80. The van der Waals surface area contributed by atoms with E-state index in [0.29, 0.717) is 13.8 Å². The van der Waals surface area contributed by atoms with Crippen molar-refractivity contribution in [3.8, 4) is 0 Å². The van der Waals surface area contributed by atoms with Crippen LogP contribution in [0.5, 0.6) is 0 Å². The van der Waals surface area contributed by atoms with Gasteiger partial charge in [-0.15, -0.1) is 0 Å². The molecule has 0 saturated heterocycles. The highest BCUT2D eigenvalue weighted by Gasteiger charge is 2.63. The summed E-state index contributed by atoms with van der Waals surface area (Å²) in [6, 6.07) is 5.55. The van der Waals surface area contributed by atoms with Crippen LogP contribution in [0.3, 0.4) is 0 Å². The Labute approximate surface area is 229 Å². The van der Waals surface area contributed by atoms with Gasteiger partial charge in [0.15, 0.2) is 16.8 Å². The summed E-state index contributed by atoms with van der Waals surface area (Å²) in [5.41, 5.74) is -11.3. The lowest BCUT2D eigenvalue weighted by Crippen LogP contribution is -2.59. The van der Waals surface area contributed by atoms with Gasteiger partial charge in [-0.25, -0.2) is 0 Å². The van der Waals surface area contributed by atoms with Gasteiger partial charge < -0.3 is 14.9 Å². The first-order valence-corrected chi connectivity index (χ1v) is 13.2. The largest absolute Gasteiger partial charge is 0.421 e. The monoisotopic (exact) mass is 594 g/mol. The summed E-state index contributed by atoms with van der Waals surface area (Å²) in [6.07, 6.45) is -16.7. The third kappa shape index (κ3) is 6.59. The number of benzene rings is 1. The lowest BCUT2D eigenvalue weighted by molar-refractivity contribution is -0.325.